The summed E-state index contributed by atoms with van der Waals surface area (Å²) in [6, 6.07) is 0. The van der Waals surface area contributed by atoms with Crippen LogP contribution in [0.1, 0.15) is 79.7 Å². The summed E-state index contributed by atoms with van der Waals surface area (Å²) in [7, 11) is 0. The lowest BCUT2D eigenvalue weighted by molar-refractivity contribution is 0.0979. The Morgan fingerprint density at radius 3 is 2.73 bits per heavy atom. The number of Topliss-reactive ketones (excluding diaryl/α,β-unsaturated/α-hetero) is 1. The van der Waals surface area contributed by atoms with Crippen LogP contribution in [0.5, 0.6) is 5.88 Å². The molecule has 0 saturated heterocycles. The summed E-state index contributed by atoms with van der Waals surface area (Å²) in [6.45, 7) is 8.85. The van der Waals surface area contributed by atoms with Crippen molar-refractivity contribution in [1.82, 2.24) is 9.97 Å². The normalized spacial score (nSPS) is 16.7. The lowest BCUT2D eigenvalue weighted by Gasteiger charge is -2.33. The molecule has 0 fully saturated rings. The minimum Gasteiger partial charge on any atom is -0.494 e. The van der Waals surface area contributed by atoms with Gasteiger partial charge < -0.3 is 10.1 Å². The Hall–Kier alpha value is -2.06. The smallest absolute Gasteiger partial charge is 0.264 e. The molecule has 0 spiro atoms. The van der Waals surface area contributed by atoms with Crippen molar-refractivity contribution in [2.24, 2.45) is 16.3 Å². The minimum atomic E-state index is -0.520. The van der Waals surface area contributed by atoms with Crippen molar-refractivity contribution < 1.29 is 9.90 Å². The van der Waals surface area contributed by atoms with E-state index in [2.05, 4.69) is 42.7 Å². The quantitative estimate of drug-likeness (QED) is 0.310. The van der Waals surface area contributed by atoms with Gasteiger partial charge in [-0.1, -0.05) is 34.1 Å². The van der Waals surface area contributed by atoms with E-state index in [1.54, 1.807) is 0 Å². The van der Waals surface area contributed by atoms with E-state index in [1.807, 2.05) is 0 Å². The Bertz CT molecular complexity index is 1090. The maximum Gasteiger partial charge on any atom is 0.264 e. The third kappa shape index (κ3) is 4.81. The van der Waals surface area contributed by atoms with Crippen molar-refractivity contribution in [3.05, 3.63) is 36.7 Å². The zero-order chi connectivity index (χ0) is 22.1. The lowest BCUT2D eigenvalue weighted by atomic mass is 9.72. The van der Waals surface area contributed by atoms with Crippen LogP contribution in [0, 0.1) is 16.1 Å². The van der Waals surface area contributed by atoms with Gasteiger partial charge in [-0.15, -0.1) is 11.3 Å². The summed E-state index contributed by atoms with van der Waals surface area (Å²) in [5, 5.41) is 10.7. The number of rotatable bonds is 6. The van der Waals surface area contributed by atoms with Gasteiger partial charge in [0.15, 0.2) is 10.6 Å². The standard InChI is InChI=1S/C22H29N3O3S2/c1-5-6-7-15(26)17-13-9-8-12(22(2,3)4)10-16(13)30-20(17)23-11-14-18(27)24-21(29)25-19(14)28/h11-12H,5-10H2,1-4H3,(H3,24,25,27,28,29). The Labute approximate surface area is 185 Å². The molecule has 0 aromatic carbocycles. The maximum atomic E-state index is 13.0. The Morgan fingerprint density at radius 2 is 2.10 bits per heavy atom. The molecule has 2 heterocycles. The summed E-state index contributed by atoms with van der Waals surface area (Å²) in [5.41, 5.74) is 1.51. The molecule has 1 unspecified atom stereocenters. The summed E-state index contributed by atoms with van der Waals surface area (Å²) in [4.78, 5) is 35.8. The first kappa shape index (κ1) is 22.6. The van der Waals surface area contributed by atoms with Crippen LogP contribution in [0.3, 0.4) is 0 Å². The molecule has 0 bridgehead atoms. The van der Waals surface area contributed by atoms with Crippen LogP contribution in [0.25, 0.3) is 0 Å². The number of hydrogen-bond donors (Lipinski definition) is 3. The van der Waals surface area contributed by atoms with Gasteiger partial charge in [0.2, 0.25) is 5.88 Å². The minimum absolute atomic E-state index is 0.00510. The highest BCUT2D eigenvalue weighted by Crippen LogP contribution is 2.45. The van der Waals surface area contributed by atoms with Crippen LogP contribution >= 0.6 is 23.6 Å². The van der Waals surface area contributed by atoms with E-state index < -0.39 is 5.56 Å². The van der Waals surface area contributed by atoms with Crippen molar-refractivity contribution >= 4 is 40.6 Å². The van der Waals surface area contributed by atoms with Gasteiger partial charge in [0.05, 0.1) is 5.56 Å². The van der Waals surface area contributed by atoms with Gasteiger partial charge in [0, 0.05) is 17.5 Å². The first-order valence-corrected chi connectivity index (χ1v) is 11.6. The SMILES string of the molecule is CCCCC(=O)c1c(N=Cc2c(O)[nH]c(=S)[nH]c2=O)sc2c1CCC(C(C)(C)C)C2. The van der Waals surface area contributed by atoms with Crippen LogP contribution in [-0.2, 0) is 12.8 Å². The number of nitrogens with one attached hydrogen (secondary N) is 2. The van der Waals surface area contributed by atoms with Gasteiger partial charge in [0.1, 0.15) is 10.6 Å². The number of carbonyl (C=O) groups is 1. The maximum absolute atomic E-state index is 13.0. The second kappa shape index (κ2) is 8.98. The molecule has 3 rings (SSSR count). The highest BCUT2D eigenvalue weighted by Gasteiger charge is 2.33. The molecule has 3 N–H and O–H groups in total. The second-order valence-corrected chi connectivity index (χ2v) is 10.4. The molecule has 0 aliphatic heterocycles. The Balaban J connectivity index is 2.03. The molecule has 6 nitrogen and oxygen atoms in total. The molecule has 0 radical (unpaired) electrons. The molecule has 0 saturated carbocycles. The number of aliphatic imine (C=N–C) groups is 1. The van der Waals surface area contributed by atoms with Crippen molar-refractivity contribution in [2.45, 2.75) is 66.2 Å². The van der Waals surface area contributed by atoms with E-state index in [1.165, 1.54) is 22.4 Å². The van der Waals surface area contributed by atoms with Gasteiger partial charge in [-0.2, -0.15) is 0 Å². The highest BCUT2D eigenvalue weighted by atomic mass is 32.1. The number of aromatic amines is 2. The highest BCUT2D eigenvalue weighted by molar-refractivity contribution is 7.71. The molecule has 2 aromatic rings. The number of thiophene rings is 1. The number of aromatic hydroxyl groups is 1. The van der Waals surface area contributed by atoms with Crippen molar-refractivity contribution in [2.75, 3.05) is 0 Å². The van der Waals surface area contributed by atoms with E-state index in [0.717, 1.165) is 37.7 Å². The molecular formula is C22H29N3O3S2. The molecule has 0 amide bonds. The molecule has 1 aliphatic carbocycles. The van der Waals surface area contributed by atoms with E-state index in [0.29, 0.717) is 22.9 Å². The molecule has 1 aliphatic rings. The Kier molecular flexibility index (Phi) is 6.77. The lowest BCUT2D eigenvalue weighted by Crippen LogP contribution is -2.26. The number of carbonyl (C=O) groups excluding carboxylic acids is 1. The van der Waals surface area contributed by atoms with Gasteiger partial charge in [-0.3, -0.25) is 14.6 Å². The van der Waals surface area contributed by atoms with Gasteiger partial charge in [-0.05, 0) is 54.8 Å². The zero-order valence-electron chi connectivity index (χ0n) is 17.9. The first-order valence-electron chi connectivity index (χ1n) is 10.4. The number of H-pyrrole nitrogens is 2. The van der Waals surface area contributed by atoms with Gasteiger partial charge in [-0.25, -0.2) is 4.99 Å². The van der Waals surface area contributed by atoms with E-state index in [4.69, 9.17) is 12.2 Å². The molecule has 30 heavy (non-hydrogen) atoms. The Morgan fingerprint density at radius 1 is 1.37 bits per heavy atom. The molecule has 8 heteroatoms. The average Bonchev–Trinajstić information content (AvgIpc) is 3.02. The number of unbranched alkanes of at least 4 members (excludes halogenated alkanes) is 1. The third-order valence-electron chi connectivity index (χ3n) is 5.78. The number of ketones is 1. The van der Waals surface area contributed by atoms with E-state index in [9.17, 15) is 14.7 Å². The summed E-state index contributed by atoms with van der Waals surface area (Å²) < 4.78 is 0.0462. The fraction of sp³-hybridized carbons (Fsp3) is 0.545. The zero-order valence-corrected chi connectivity index (χ0v) is 19.6. The third-order valence-corrected chi connectivity index (χ3v) is 7.14. The monoisotopic (exact) mass is 447 g/mol. The average molecular weight is 448 g/mol. The number of nitrogens with zero attached hydrogens (tertiary/aromatic N) is 1. The van der Waals surface area contributed by atoms with Crippen LogP contribution in [-0.4, -0.2) is 27.1 Å². The molecule has 1 atom stereocenters. The molecule has 162 valence electrons. The van der Waals surface area contributed by atoms with Crippen molar-refractivity contribution in [3.8, 4) is 5.88 Å². The molecule has 2 aromatic heterocycles. The van der Waals surface area contributed by atoms with Gasteiger partial charge in [0.25, 0.3) is 5.56 Å². The number of fused-ring (bicyclic) bond motifs is 1. The summed E-state index contributed by atoms with van der Waals surface area (Å²) in [5.74, 6) is 0.335. The predicted molar refractivity (Wildman–Crippen MR) is 124 cm³/mol. The van der Waals surface area contributed by atoms with Crippen LogP contribution in [0.15, 0.2) is 9.79 Å². The number of hydrogen-bond acceptors (Lipinski definition) is 6. The van der Waals surface area contributed by atoms with Crippen LogP contribution < -0.4 is 5.56 Å². The van der Waals surface area contributed by atoms with Gasteiger partial charge >= 0.3 is 0 Å². The number of aromatic nitrogens is 2. The fourth-order valence-corrected chi connectivity index (χ4v) is 5.36. The second-order valence-electron chi connectivity index (χ2n) is 8.95. The van der Waals surface area contributed by atoms with Crippen molar-refractivity contribution in [1.29, 1.82) is 0 Å². The summed E-state index contributed by atoms with van der Waals surface area (Å²) in [6.07, 6.45) is 6.48. The fourth-order valence-electron chi connectivity index (χ4n) is 3.88. The predicted octanol–water partition coefficient (Wildman–Crippen LogP) is 5.47. The van der Waals surface area contributed by atoms with Crippen LogP contribution in [0.2, 0.25) is 0 Å². The van der Waals surface area contributed by atoms with Crippen molar-refractivity contribution in [3.63, 3.8) is 0 Å². The molecular weight excluding hydrogens is 418 g/mol. The topological polar surface area (TPSA) is 98.3 Å². The summed E-state index contributed by atoms with van der Waals surface area (Å²) >= 11 is 6.40. The van der Waals surface area contributed by atoms with E-state index >= 15 is 0 Å². The first-order chi connectivity index (χ1) is 14.1. The largest absolute Gasteiger partial charge is 0.494 e. The van der Waals surface area contributed by atoms with Crippen LogP contribution in [0.4, 0.5) is 5.00 Å². The van der Waals surface area contributed by atoms with E-state index in [-0.39, 0.29) is 27.4 Å².